The zero-order chi connectivity index (χ0) is 14.3. The van der Waals surface area contributed by atoms with E-state index in [9.17, 15) is 12.8 Å². The van der Waals surface area contributed by atoms with E-state index in [1.807, 2.05) is 0 Å². The lowest BCUT2D eigenvalue weighted by Crippen LogP contribution is -2.39. The summed E-state index contributed by atoms with van der Waals surface area (Å²) < 4.78 is 41.1. The highest BCUT2D eigenvalue weighted by Gasteiger charge is 2.35. The third-order valence-corrected chi connectivity index (χ3v) is 6.39. The molecule has 2 fully saturated rings. The van der Waals surface area contributed by atoms with Crippen LogP contribution in [0.2, 0.25) is 0 Å². The Morgan fingerprint density at radius 1 is 1.24 bits per heavy atom. The van der Waals surface area contributed by atoms with Crippen molar-refractivity contribution in [1.82, 2.24) is 9.62 Å². The van der Waals surface area contributed by atoms with E-state index in [0.29, 0.717) is 23.6 Å². The molecule has 0 aromatic heterocycles. The quantitative estimate of drug-likeness (QED) is 0.831. The number of fused-ring (bicyclic) bond motifs is 2. The summed E-state index contributed by atoms with van der Waals surface area (Å²) >= 11 is 3.14. The summed E-state index contributed by atoms with van der Waals surface area (Å²) in [5.41, 5.74) is 0. The first-order valence-corrected chi connectivity index (χ1v) is 8.91. The van der Waals surface area contributed by atoms with Crippen LogP contribution < -0.4 is 5.32 Å². The van der Waals surface area contributed by atoms with Gasteiger partial charge in [-0.05, 0) is 37.5 Å². The minimum atomic E-state index is -3.76. The van der Waals surface area contributed by atoms with E-state index < -0.39 is 15.8 Å². The number of sulfonamides is 1. The molecule has 2 unspecified atom stereocenters. The smallest absolute Gasteiger partial charge is 0.246 e. The van der Waals surface area contributed by atoms with Gasteiger partial charge >= 0.3 is 0 Å². The normalized spacial score (nSPS) is 26.2. The van der Waals surface area contributed by atoms with Crippen LogP contribution in [-0.4, -0.2) is 37.9 Å². The molecule has 4 nitrogen and oxygen atoms in total. The van der Waals surface area contributed by atoms with E-state index in [1.54, 1.807) is 6.07 Å². The van der Waals surface area contributed by atoms with Gasteiger partial charge < -0.3 is 5.32 Å². The van der Waals surface area contributed by atoms with Gasteiger partial charge in [-0.15, -0.1) is 12.4 Å². The highest BCUT2D eigenvalue weighted by molar-refractivity contribution is 9.10. The summed E-state index contributed by atoms with van der Waals surface area (Å²) in [7, 11) is -3.76. The Labute approximate surface area is 138 Å². The maximum atomic E-state index is 13.9. The summed E-state index contributed by atoms with van der Waals surface area (Å²) in [5.74, 6) is -0.707. The van der Waals surface area contributed by atoms with E-state index in [4.69, 9.17) is 0 Å². The zero-order valence-electron chi connectivity index (χ0n) is 11.3. The topological polar surface area (TPSA) is 49.4 Å². The molecule has 0 aliphatic carbocycles. The van der Waals surface area contributed by atoms with Gasteiger partial charge in [0, 0.05) is 29.6 Å². The molecule has 21 heavy (non-hydrogen) atoms. The van der Waals surface area contributed by atoms with E-state index >= 15 is 0 Å². The lowest BCUT2D eigenvalue weighted by molar-refractivity contribution is 0.381. The van der Waals surface area contributed by atoms with Crippen molar-refractivity contribution in [3.63, 3.8) is 0 Å². The van der Waals surface area contributed by atoms with Crippen molar-refractivity contribution in [2.24, 2.45) is 0 Å². The number of halogens is 3. The van der Waals surface area contributed by atoms with Gasteiger partial charge in [0.25, 0.3) is 0 Å². The van der Waals surface area contributed by atoms with Crippen molar-refractivity contribution in [2.75, 3.05) is 13.1 Å². The minimum absolute atomic E-state index is 0. The van der Waals surface area contributed by atoms with Crippen molar-refractivity contribution < 1.29 is 12.8 Å². The van der Waals surface area contributed by atoms with Gasteiger partial charge in [0.15, 0.2) is 0 Å². The molecular weight excluding hydrogens is 383 g/mol. The average Bonchev–Trinajstić information content (AvgIpc) is 2.67. The van der Waals surface area contributed by atoms with Gasteiger partial charge in [-0.2, -0.15) is 4.31 Å². The molecule has 2 aliphatic rings. The van der Waals surface area contributed by atoms with Gasteiger partial charge in [0.05, 0.1) is 0 Å². The maximum Gasteiger partial charge on any atom is 0.246 e. The van der Waals surface area contributed by atoms with Crippen LogP contribution in [0.4, 0.5) is 4.39 Å². The molecule has 3 rings (SSSR count). The lowest BCUT2D eigenvalue weighted by Gasteiger charge is -2.23. The van der Waals surface area contributed by atoms with Crippen LogP contribution in [-0.2, 0) is 10.0 Å². The first kappa shape index (κ1) is 17.1. The molecule has 1 aromatic rings. The Morgan fingerprint density at radius 3 is 2.67 bits per heavy atom. The third kappa shape index (κ3) is 3.42. The summed E-state index contributed by atoms with van der Waals surface area (Å²) in [5, 5.41) is 3.42. The fourth-order valence-electron chi connectivity index (χ4n) is 2.95. The van der Waals surface area contributed by atoms with Crippen molar-refractivity contribution in [3.05, 3.63) is 28.5 Å². The van der Waals surface area contributed by atoms with Crippen LogP contribution in [0.1, 0.15) is 19.3 Å². The number of hydrogen-bond acceptors (Lipinski definition) is 3. The van der Waals surface area contributed by atoms with Crippen LogP contribution in [0.3, 0.4) is 0 Å². The van der Waals surface area contributed by atoms with Crippen LogP contribution in [0.5, 0.6) is 0 Å². The van der Waals surface area contributed by atoms with Crippen LogP contribution >= 0.6 is 28.3 Å². The fraction of sp³-hybridized carbons (Fsp3) is 0.538. The summed E-state index contributed by atoms with van der Waals surface area (Å²) in [6, 6.07) is 4.66. The highest BCUT2D eigenvalue weighted by Crippen LogP contribution is 2.27. The average molecular weight is 400 g/mol. The van der Waals surface area contributed by atoms with E-state index in [-0.39, 0.29) is 23.3 Å². The molecule has 1 N–H and O–H groups in total. The summed E-state index contributed by atoms with van der Waals surface area (Å²) in [4.78, 5) is -0.238. The van der Waals surface area contributed by atoms with E-state index in [2.05, 4.69) is 21.2 Å². The number of nitrogens with one attached hydrogen (secondary N) is 1. The van der Waals surface area contributed by atoms with Gasteiger partial charge in [-0.1, -0.05) is 15.9 Å². The molecule has 0 radical (unpaired) electrons. The summed E-state index contributed by atoms with van der Waals surface area (Å²) in [6.07, 6.45) is 2.87. The van der Waals surface area contributed by atoms with E-state index in [1.165, 1.54) is 16.4 Å². The van der Waals surface area contributed by atoms with Crippen molar-refractivity contribution in [2.45, 2.75) is 36.2 Å². The second kappa shape index (κ2) is 6.50. The van der Waals surface area contributed by atoms with Gasteiger partial charge in [0.1, 0.15) is 10.7 Å². The molecule has 0 amide bonds. The molecule has 1 aromatic carbocycles. The van der Waals surface area contributed by atoms with Crippen LogP contribution in [0, 0.1) is 5.82 Å². The Hall–Kier alpha value is -0.210. The third-order valence-electron chi connectivity index (χ3n) is 4.00. The fourth-order valence-corrected chi connectivity index (χ4v) is 4.83. The molecule has 2 aliphatic heterocycles. The predicted molar refractivity (Wildman–Crippen MR) is 84.7 cm³/mol. The SMILES string of the molecule is Cl.O=S(=O)(c1ccc(Br)cc1F)N1CCC2CCC(C1)N2. The molecular formula is C13H17BrClFN2O2S. The molecule has 0 saturated carbocycles. The Morgan fingerprint density at radius 2 is 1.95 bits per heavy atom. The number of hydrogen-bond donors (Lipinski definition) is 1. The van der Waals surface area contributed by atoms with Crippen molar-refractivity contribution in [1.29, 1.82) is 0 Å². The summed E-state index contributed by atoms with van der Waals surface area (Å²) in [6.45, 7) is 0.875. The monoisotopic (exact) mass is 398 g/mol. The standard InChI is InChI=1S/C13H16BrFN2O2S.ClH/c14-9-1-4-13(12(15)7-9)20(18,19)17-6-5-10-2-3-11(8-17)16-10;/h1,4,7,10-11,16H,2-3,5-6,8H2;1H. The second-order valence-electron chi connectivity index (χ2n) is 5.36. The zero-order valence-corrected chi connectivity index (χ0v) is 14.5. The Balaban J connectivity index is 0.00000161. The molecule has 2 saturated heterocycles. The first-order chi connectivity index (χ1) is 9.46. The molecule has 2 bridgehead atoms. The minimum Gasteiger partial charge on any atom is -0.310 e. The number of rotatable bonds is 2. The molecule has 0 spiro atoms. The van der Waals surface area contributed by atoms with Gasteiger partial charge in [-0.3, -0.25) is 0 Å². The number of benzene rings is 1. The van der Waals surface area contributed by atoms with Crippen molar-refractivity contribution in [3.8, 4) is 0 Å². The molecule has 118 valence electrons. The second-order valence-corrected chi connectivity index (χ2v) is 8.19. The molecule has 8 heteroatoms. The number of nitrogens with zero attached hydrogens (tertiary/aromatic N) is 1. The van der Waals surface area contributed by atoms with Crippen molar-refractivity contribution >= 4 is 38.4 Å². The Bertz CT molecular complexity index is 629. The maximum absolute atomic E-state index is 13.9. The van der Waals surface area contributed by atoms with Gasteiger partial charge in [0.2, 0.25) is 10.0 Å². The van der Waals surface area contributed by atoms with Crippen LogP contribution in [0.15, 0.2) is 27.6 Å². The molecule has 2 heterocycles. The molecule has 2 atom stereocenters. The van der Waals surface area contributed by atoms with Gasteiger partial charge in [-0.25, -0.2) is 12.8 Å². The Kier molecular flexibility index (Phi) is 5.31. The predicted octanol–water partition coefficient (Wildman–Crippen LogP) is 2.53. The lowest BCUT2D eigenvalue weighted by atomic mass is 10.1. The van der Waals surface area contributed by atoms with E-state index in [0.717, 1.165) is 19.3 Å². The van der Waals surface area contributed by atoms with Crippen LogP contribution in [0.25, 0.3) is 0 Å². The first-order valence-electron chi connectivity index (χ1n) is 6.68. The largest absolute Gasteiger partial charge is 0.310 e. The highest BCUT2D eigenvalue weighted by atomic mass is 79.9.